The maximum Gasteiger partial charge on any atom is 0.254 e. The van der Waals surface area contributed by atoms with E-state index in [9.17, 15) is 18.4 Å². The quantitative estimate of drug-likeness (QED) is 0.369. The minimum atomic E-state index is -0.416. The number of benzene rings is 2. The van der Waals surface area contributed by atoms with Crippen LogP contribution < -0.4 is 4.74 Å². The molecule has 1 atom stereocenters. The maximum atomic E-state index is 13.6. The number of nitrogens with zero attached hydrogens (tertiary/aromatic N) is 2. The highest BCUT2D eigenvalue weighted by atomic mass is 32.1. The van der Waals surface area contributed by atoms with Crippen molar-refractivity contribution in [3.8, 4) is 5.75 Å². The molecule has 0 bridgehead atoms. The summed E-state index contributed by atoms with van der Waals surface area (Å²) in [6.45, 7) is 5.22. The summed E-state index contributed by atoms with van der Waals surface area (Å²) in [6, 6.07) is 12.9. The third-order valence-electron chi connectivity index (χ3n) is 6.32. The summed E-state index contributed by atoms with van der Waals surface area (Å²) in [5, 5.41) is 2.01. The zero-order chi connectivity index (χ0) is 25.7. The molecule has 0 saturated heterocycles. The van der Waals surface area contributed by atoms with Crippen LogP contribution in [0.4, 0.5) is 8.78 Å². The Balaban J connectivity index is 1.52. The van der Waals surface area contributed by atoms with Gasteiger partial charge in [0.15, 0.2) is 0 Å². The lowest BCUT2D eigenvalue weighted by Crippen LogP contribution is -2.48. The highest BCUT2D eigenvalue weighted by Gasteiger charge is 2.33. The van der Waals surface area contributed by atoms with Crippen molar-refractivity contribution in [3.05, 3.63) is 87.6 Å². The van der Waals surface area contributed by atoms with E-state index in [-0.39, 0.29) is 36.8 Å². The van der Waals surface area contributed by atoms with Crippen molar-refractivity contribution >= 4 is 23.2 Å². The van der Waals surface area contributed by atoms with Crippen molar-refractivity contribution in [1.29, 1.82) is 0 Å². The van der Waals surface area contributed by atoms with Gasteiger partial charge in [0.1, 0.15) is 30.5 Å². The molecular weight excluding hydrogens is 482 g/mol. The van der Waals surface area contributed by atoms with Crippen molar-refractivity contribution in [3.63, 3.8) is 0 Å². The molecule has 1 aliphatic heterocycles. The fraction of sp³-hybridized carbons (Fsp3) is 0.357. The number of ether oxygens (including phenoxy) is 1. The molecule has 0 saturated carbocycles. The van der Waals surface area contributed by atoms with Crippen molar-refractivity contribution in [1.82, 2.24) is 9.80 Å². The number of fused-ring (bicyclic) bond motifs is 1. The van der Waals surface area contributed by atoms with Gasteiger partial charge in [0, 0.05) is 23.5 Å². The van der Waals surface area contributed by atoms with E-state index >= 15 is 0 Å². The summed E-state index contributed by atoms with van der Waals surface area (Å²) >= 11 is 1.66. The maximum absolute atomic E-state index is 13.6. The molecule has 2 amide bonds. The van der Waals surface area contributed by atoms with Crippen LogP contribution in [0.15, 0.2) is 60.0 Å². The number of carbonyl (C=O) groups excluding carboxylic acids is 2. The van der Waals surface area contributed by atoms with Gasteiger partial charge < -0.3 is 14.5 Å². The molecule has 5 nitrogen and oxygen atoms in total. The second-order valence-electron chi connectivity index (χ2n) is 9.33. The zero-order valence-electron chi connectivity index (χ0n) is 20.5. The van der Waals surface area contributed by atoms with Gasteiger partial charge in [0.2, 0.25) is 5.91 Å². The van der Waals surface area contributed by atoms with Crippen molar-refractivity contribution in [2.24, 2.45) is 5.92 Å². The largest absolute Gasteiger partial charge is 0.491 e. The standard InChI is InChI=1S/C28H30F2N2O3S/c1-19(2)11-14-31(28(34)20-3-5-21(29)6-4-20)17-27(33)32-15-12-26-24(13-16-36-26)25(32)18-35-23-9-7-22(30)8-10-23/h3-10,13,16,19,25H,11-12,14-15,17-18H2,1-2H3/t25-/m0/s1. The van der Waals surface area contributed by atoms with Crippen LogP contribution in [0.5, 0.6) is 5.75 Å². The first-order valence-corrected chi connectivity index (χ1v) is 13.0. The summed E-state index contributed by atoms with van der Waals surface area (Å²) in [6.07, 6.45) is 1.48. The molecule has 4 rings (SSSR count). The van der Waals surface area contributed by atoms with Crippen molar-refractivity contribution < 1.29 is 23.1 Å². The van der Waals surface area contributed by atoms with Gasteiger partial charge in [-0.05, 0) is 84.3 Å². The lowest BCUT2D eigenvalue weighted by Gasteiger charge is -2.37. The molecule has 0 aliphatic carbocycles. The fourth-order valence-electron chi connectivity index (χ4n) is 4.28. The Kier molecular flexibility index (Phi) is 8.36. The number of amides is 2. The van der Waals surface area contributed by atoms with Crippen LogP contribution >= 0.6 is 11.3 Å². The smallest absolute Gasteiger partial charge is 0.254 e. The number of thiophene rings is 1. The molecule has 0 N–H and O–H groups in total. The monoisotopic (exact) mass is 512 g/mol. The van der Waals surface area contributed by atoms with Crippen LogP contribution in [0, 0.1) is 17.6 Å². The number of rotatable bonds is 9. The van der Waals surface area contributed by atoms with Gasteiger partial charge in [-0.15, -0.1) is 11.3 Å². The molecule has 2 heterocycles. The minimum Gasteiger partial charge on any atom is -0.491 e. The molecule has 0 spiro atoms. The first-order chi connectivity index (χ1) is 17.3. The molecule has 8 heteroatoms. The first kappa shape index (κ1) is 25.8. The number of carbonyl (C=O) groups is 2. The molecule has 0 fully saturated rings. The Labute approximate surface area is 214 Å². The predicted molar refractivity (Wildman–Crippen MR) is 136 cm³/mol. The molecule has 2 aromatic carbocycles. The van der Waals surface area contributed by atoms with Gasteiger partial charge in [-0.3, -0.25) is 9.59 Å². The lowest BCUT2D eigenvalue weighted by atomic mass is 10.00. The Bertz CT molecular complexity index is 1180. The van der Waals surface area contributed by atoms with E-state index in [0.717, 1.165) is 18.4 Å². The topological polar surface area (TPSA) is 49.9 Å². The highest BCUT2D eigenvalue weighted by Crippen LogP contribution is 2.34. The summed E-state index contributed by atoms with van der Waals surface area (Å²) in [4.78, 5) is 31.4. The number of halogens is 2. The van der Waals surface area contributed by atoms with E-state index in [2.05, 4.69) is 13.8 Å². The molecule has 0 radical (unpaired) electrons. The van der Waals surface area contributed by atoms with Gasteiger partial charge in [-0.2, -0.15) is 0 Å². The SMILES string of the molecule is CC(C)CCN(CC(=O)N1CCc2sccc2[C@@H]1COc1ccc(F)cc1)C(=O)c1ccc(F)cc1. The molecule has 0 unspecified atom stereocenters. The van der Waals surface area contributed by atoms with E-state index in [1.807, 2.05) is 11.4 Å². The third-order valence-corrected chi connectivity index (χ3v) is 7.31. The lowest BCUT2D eigenvalue weighted by molar-refractivity contribution is -0.135. The van der Waals surface area contributed by atoms with E-state index in [1.165, 1.54) is 41.3 Å². The van der Waals surface area contributed by atoms with Crippen LogP contribution in [0.25, 0.3) is 0 Å². The van der Waals surface area contributed by atoms with Crippen LogP contribution in [-0.4, -0.2) is 47.9 Å². The number of hydrogen-bond acceptors (Lipinski definition) is 4. The Morgan fingerprint density at radius 1 is 1.06 bits per heavy atom. The van der Waals surface area contributed by atoms with E-state index in [1.54, 1.807) is 33.3 Å². The van der Waals surface area contributed by atoms with Gasteiger partial charge in [-0.25, -0.2) is 8.78 Å². The van der Waals surface area contributed by atoms with Gasteiger partial charge in [0.05, 0.1) is 6.04 Å². The summed E-state index contributed by atoms with van der Waals surface area (Å²) in [7, 11) is 0. The van der Waals surface area contributed by atoms with Crippen molar-refractivity contribution in [2.45, 2.75) is 32.7 Å². The Hall–Kier alpha value is -3.26. The first-order valence-electron chi connectivity index (χ1n) is 12.1. The van der Waals surface area contributed by atoms with Crippen LogP contribution in [-0.2, 0) is 11.2 Å². The molecule has 190 valence electrons. The second-order valence-corrected chi connectivity index (χ2v) is 10.3. The van der Waals surface area contributed by atoms with E-state index in [4.69, 9.17) is 4.74 Å². The normalized spacial score (nSPS) is 15.0. The fourth-order valence-corrected chi connectivity index (χ4v) is 5.20. The van der Waals surface area contributed by atoms with E-state index < -0.39 is 5.82 Å². The summed E-state index contributed by atoms with van der Waals surface area (Å²) in [5.74, 6) is -0.348. The van der Waals surface area contributed by atoms with Crippen LogP contribution in [0.2, 0.25) is 0 Å². The summed E-state index contributed by atoms with van der Waals surface area (Å²) < 4.78 is 32.6. The Morgan fingerprint density at radius 3 is 2.39 bits per heavy atom. The average Bonchev–Trinajstić information content (AvgIpc) is 3.35. The molecule has 3 aromatic rings. The van der Waals surface area contributed by atoms with Gasteiger partial charge in [-0.1, -0.05) is 13.8 Å². The van der Waals surface area contributed by atoms with Gasteiger partial charge in [0.25, 0.3) is 5.91 Å². The zero-order valence-corrected chi connectivity index (χ0v) is 21.3. The average molecular weight is 513 g/mol. The number of hydrogen-bond donors (Lipinski definition) is 0. The highest BCUT2D eigenvalue weighted by molar-refractivity contribution is 7.10. The van der Waals surface area contributed by atoms with E-state index in [0.29, 0.717) is 30.3 Å². The molecule has 36 heavy (non-hydrogen) atoms. The van der Waals surface area contributed by atoms with Gasteiger partial charge >= 0.3 is 0 Å². The second kappa shape index (κ2) is 11.6. The molecule has 1 aromatic heterocycles. The third kappa shape index (κ3) is 6.29. The Morgan fingerprint density at radius 2 is 1.72 bits per heavy atom. The van der Waals surface area contributed by atoms with Crippen molar-refractivity contribution in [2.75, 3.05) is 26.2 Å². The molecule has 1 aliphatic rings. The van der Waals surface area contributed by atoms with Crippen LogP contribution in [0.1, 0.15) is 47.1 Å². The minimum absolute atomic E-state index is 0.0740. The predicted octanol–water partition coefficient (Wildman–Crippen LogP) is 5.72. The summed E-state index contributed by atoms with van der Waals surface area (Å²) in [5.41, 5.74) is 1.39. The van der Waals surface area contributed by atoms with Crippen LogP contribution in [0.3, 0.4) is 0 Å². The molecular formula is C28H30F2N2O3S.